The summed E-state index contributed by atoms with van der Waals surface area (Å²) in [6.45, 7) is 18.5. The van der Waals surface area contributed by atoms with Gasteiger partial charge in [0.25, 0.3) is 0 Å². The maximum atomic E-state index is 11.9. The third-order valence-corrected chi connectivity index (χ3v) is 15.9. The lowest BCUT2D eigenvalue weighted by Crippen LogP contribution is -2.60. The SMILES string of the molecule is COCC[C@@H](C)[C@H]1C[C@H](O)[C@@]2(C)C3CC[C@H]4C(C)(C)[C@@H](OC5CN(C6CCNCC6)CCO5)CC[C@@]45CC35CC[C@]12C. The van der Waals surface area contributed by atoms with Crippen LogP contribution in [0.3, 0.4) is 0 Å². The molecule has 6 heteroatoms. The minimum absolute atomic E-state index is 0.0250. The number of hydrogen-bond acceptors (Lipinski definition) is 6. The molecule has 0 aromatic rings. The second-order valence-electron chi connectivity index (χ2n) is 17.2. The van der Waals surface area contributed by atoms with Gasteiger partial charge in [-0.1, -0.05) is 34.6 Å². The van der Waals surface area contributed by atoms with E-state index >= 15 is 0 Å². The summed E-state index contributed by atoms with van der Waals surface area (Å²) in [6, 6.07) is 0.678. The summed E-state index contributed by atoms with van der Waals surface area (Å²) in [4.78, 5) is 2.66. The molecule has 0 aromatic heterocycles. The first-order valence-electron chi connectivity index (χ1n) is 17.9. The van der Waals surface area contributed by atoms with Crippen molar-refractivity contribution in [3.8, 4) is 0 Å². The number of methoxy groups -OCH3 is 1. The van der Waals surface area contributed by atoms with Gasteiger partial charge in [-0.3, -0.25) is 4.90 Å². The molecule has 3 unspecified atom stereocenters. The fourth-order valence-electron chi connectivity index (χ4n) is 13.4. The highest BCUT2D eigenvalue weighted by Crippen LogP contribution is 2.89. The normalized spacial score (nSPS) is 51.2. The Kier molecular flexibility index (Phi) is 7.72. The van der Waals surface area contributed by atoms with E-state index in [2.05, 4.69) is 44.8 Å². The number of ether oxygens (including phenoxy) is 3. The summed E-state index contributed by atoms with van der Waals surface area (Å²) in [5.74, 6) is 2.57. The van der Waals surface area contributed by atoms with Crippen LogP contribution in [0, 0.1) is 50.7 Å². The molecule has 240 valence electrons. The quantitative estimate of drug-likeness (QED) is 0.390. The van der Waals surface area contributed by atoms with Gasteiger partial charge < -0.3 is 24.6 Å². The number of fused-ring (bicyclic) bond motifs is 2. The van der Waals surface area contributed by atoms with Crippen molar-refractivity contribution in [3.63, 3.8) is 0 Å². The number of morpholine rings is 1. The molecule has 42 heavy (non-hydrogen) atoms. The number of nitrogens with zero attached hydrogens (tertiary/aromatic N) is 1. The molecule has 7 rings (SSSR count). The Bertz CT molecular complexity index is 1000. The summed E-state index contributed by atoms with van der Waals surface area (Å²) < 4.78 is 18.7. The lowest BCUT2D eigenvalue weighted by molar-refractivity contribution is -0.251. The monoisotopic (exact) mass is 586 g/mol. The molecule has 0 radical (unpaired) electrons. The van der Waals surface area contributed by atoms with Crippen LogP contribution >= 0.6 is 0 Å². The average molecular weight is 587 g/mol. The summed E-state index contributed by atoms with van der Waals surface area (Å²) in [6.07, 6.45) is 13.7. The highest BCUT2D eigenvalue weighted by molar-refractivity contribution is 5.31. The van der Waals surface area contributed by atoms with Gasteiger partial charge in [0.1, 0.15) is 0 Å². The topological polar surface area (TPSA) is 63.2 Å². The van der Waals surface area contributed by atoms with Crippen LogP contribution in [0.25, 0.3) is 0 Å². The number of piperidine rings is 1. The van der Waals surface area contributed by atoms with Gasteiger partial charge in [-0.15, -0.1) is 0 Å². The predicted octanol–water partition coefficient (Wildman–Crippen LogP) is 5.86. The Morgan fingerprint density at radius 3 is 2.48 bits per heavy atom. The lowest BCUT2D eigenvalue weighted by Gasteiger charge is -2.64. The number of nitrogens with one attached hydrogen (secondary N) is 1. The van der Waals surface area contributed by atoms with Crippen LogP contribution in [-0.2, 0) is 14.2 Å². The van der Waals surface area contributed by atoms with Crippen LogP contribution in [0.4, 0.5) is 0 Å². The van der Waals surface area contributed by atoms with Crippen molar-refractivity contribution in [2.75, 3.05) is 46.5 Å². The summed E-state index contributed by atoms with van der Waals surface area (Å²) in [5.41, 5.74) is 1.29. The Morgan fingerprint density at radius 2 is 1.71 bits per heavy atom. The third-order valence-electron chi connectivity index (χ3n) is 15.9. The molecule has 5 aliphatic carbocycles. The Hall–Kier alpha value is -0.240. The Balaban J connectivity index is 1.07. The van der Waals surface area contributed by atoms with Crippen molar-refractivity contribution >= 4 is 0 Å². The van der Waals surface area contributed by atoms with E-state index in [4.69, 9.17) is 14.2 Å². The van der Waals surface area contributed by atoms with E-state index in [9.17, 15) is 5.11 Å². The fourth-order valence-corrected chi connectivity index (χ4v) is 13.4. The van der Waals surface area contributed by atoms with Crippen molar-refractivity contribution in [1.29, 1.82) is 0 Å². The third kappa shape index (κ3) is 4.16. The second-order valence-corrected chi connectivity index (χ2v) is 17.2. The molecular weight excluding hydrogens is 524 g/mol. The number of hydrogen-bond donors (Lipinski definition) is 2. The minimum Gasteiger partial charge on any atom is -0.393 e. The largest absolute Gasteiger partial charge is 0.393 e. The zero-order valence-corrected chi connectivity index (χ0v) is 27.8. The molecular formula is C36H62N2O4. The van der Waals surface area contributed by atoms with Crippen LogP contribution < -0.4 is 5.32 Å². The Labute approximate surface area is 256 Å². The number of aliphatic hydroxyl groups excluding tert-OH is 1. The molecule has 7 fully saturated rings. The average Bonchev–Trinajstić information content (AvgIpc) is 3.61. The van der Waals surface area contributed by atoms with Crippen LogP contribution in [-0.4, -0.2) is 81.0 Å². The van der Waals surface area contributed by atoms with Crippen molar-refractivity contribution in [1.82, 2.24) is 10.2 Å². The van der Waals surface area contributed by atoms with Crippen LogP contribution in [0.15, 0.2) is 0 Å². The number of aliphatic hydroxyl groups is 1. The highest BCUT2D eigenvalue weighted by atomic mass is 16.7. The predicted molar refractivity (Wildman–Crippen MR) is 166 cm³/mol. The van der Waals surface area contributed by atoms with E-state index < -0.39 is 0 Å². The van der Waals surface area contributed by atoms with Gasteiger partial charge in [0.05, 0.1) is 18.8 Å². The van der Waals surface area contributed by atoms with Gasteiger partial charge in [0.2, 0.25) is 0 Å². The van der Waals surface area contributed by atoms with E-state index in [1.165, 1.54) is 57.8 Å². The van der Waals surface area contributed by atoms with E-state index in [1.54, 1.807) is 0 Å². The van der Waals surface area contributed by atoms with Crippen LogP contribution in [0.1, 0.15) is 105 Å². The minimum atomic E-state index is -0.173. The first-order valence-corrected chi connectivity index (χ1v) is 17.9. The van der Waals surface area contributed by atoms with Gasteiger partial charge in [-0.25, -0.2) is 0 Å². The molecule has 0 bridgehead atoms. The van der Waals surface area contributed by atoms with Crippen molar-refractivity contribution in [2.45, 2.75) is 130 Å². The van der Waals surface area contributed by atoms with Crippen LogP contribution in [0.2, 0.25) is 0 Å². The molecule has 0 amide bonds. The molecule has 7 aliphatic rings. The van der Waals surface area contributed by atoms with Gasteiger partial charge in [-0.2, -0.15) is 0 Å². The number of rotatable bonds is 7. The standard InChI is InChI=1S/C36H62N2O4/c1-24(12-19-40-6)26-21-29(39)34(5)28-8-7-27-32(2,3)30(9-13-35(27)23-36(28,35)15-14-33(26,34)4)42-31-22-38(18-20-41-31)25-10-16-37-17-11-25/h24-31,37,39H,7-23H2,1-6H3/t24-,26-,27+,28?,29+,30+,31?,33-,34-,35-,36?/m1/s1. The van der Waals surface area contributed by atoms with Gasteiger partial charge >= 0.3 is 0 Å². The van der Waals surface area contributed by atoms with Crippen LogP contribution in [0.5, 0.6) is 0 Å². The molecule has 2 heterocycles. The lowest BCUT2D eigenvalue weighted by atomic mass is 9.41. The molecule has 2 N–H and O–H groups in total. The van der Waals surface area contributed by atoms with Crippen molar-refractivity contribution < 1.29 is 19.3 Å². The highest BCUT2D eigenvalue weighted by Gasteiger charge is 2.83. The molecule has 11 atom stereocenters. The van der Waals surface area contributed by atoms with Crippen molar-refractivity contribution in [3.05, 3.63) is 0 Å². The van der Waals surface area contributed by atoms with E-state index in [1.807, 2.05) is 7.11 Å². The van der Waals surface area contributed by atoms with Gasteiger partial charge in [0, 0.05) is 38.3 Å². The summed E-state index contributed by atoms with van der Waals surface area (Å²) in [7, 11) is 1.82. The van der Waals surface area contributed by atoms with Gasteiger partial charge in [0.15, 0.2) is 6.29 Å². The first-order chi connectivity index (χ1) is 20.0. The van der Waals surface area contributed by atoms with Crippen molar-refractivity contribution in [2.24, 2.45) is 50.7 Å². The molecule has 2 aliphatic heterocycles. The Morgan fingerprint density at radius 1 is 0.976 bits per heavy atom. The second kappa shape index (κ2) is 10.7. The molecule has 0 aromatic carbocycles. The zero-order valence-electron chi connectivity index (χ0n) is 27.8. The summed E-state index contributed by atoms with van der Waals surface area (Å²) in [5, 5.41) is 15.4. The van der Waals surface area contributed by atoms with Gasteiger partial charge in [-0.05, 0) is 129 Å². The zero-order chi connectivity index (χ0) is 29.5. The molecule has 2 spiro atoms. The fraction of sp³-hybridized carbons (Fsp3) is 1.00. The maximum absolute atomic E-state index is 11.9. The smallest absolute Gasteiger partial charge is 0.170 e. The first kappa shape index (κ1) is 30.4. The molecule has 2 saturated heterocycles. The van der Waals surface area contributed by atoms with E-state index in [0.29, 0.717) is 40.5 Å². The summed E-state index contributed by atoms with van der Waals surface area (Å²) >= 11 is 0. The molecule has 6 nitrogen and oxygen atoms in total. The van der Waals surface area contributed by atoms with E-state index in [0.717, 1.165) is 52.2 Å². The molecule has 5 saturated carbocycles. The maximum Gasteiger partial charge on any atom is 0.170 e. The van der Waals surface area contributed by atoms with E-state index in [-0.39, 0.29) is 34.7 Å².